The maximum Gasteiger partial charge on any atom is 0.0241 e. The van der Waals surface area contributed by atoms with Crippen molar-refractivity contribution in [3.8, 4) is 0 Å². The molecule has 0 saturated carbocycles. The van der Waals surface area contributed by atoms with Crippen LogP contribution in [-0.4, -0.2) is 30.6 Å². The highest BCUT2D eigenvalue weighted by molar-refractivity contribution is 4.79. The van der Waals surface area contributed by atoms with Crippen LogP contribution in [0.3, 0.4) is 0 Å². The van der Waals surface area contributed by atoms with E-state index >= 15 is 0 Å². The lowest BCUT2D eigenvalue weighted by molar-refractivity contribution is 0.195. The summed E-state index contributed by atoms with van der Waals surface area (Å²) in [6.45, 7) is 7.91. The smallest absolute Gasteiger partial charge is 0.0241 e. The Balaban J connectivity index is 3.91. The van der Waals surface area contributed by atoms with E-state index in [1.165, 1.54) is 38.6 Å². The molecule has 0 spiro atoms. The lowest BCUT2D eigenvalue weighted by atomic mass is 10.0. The van der Waals surface area contributed by atoms with Gasteiger partial charge in [-0.3, -0.25) is 0 Å². The lowest BCUT2D eigenvalue weighted by Gasteiger charge is -2.32. The topological polar surface area (TPSA) is 29.3 Å². The van der Waals surface area contributed by atoms with E-state index in [2.05, 4.69) is 32.7 Å². The fourth-order valence-corrected chi connectivity index (χ4v) is 2.24. The summed E-state index contributed by atoms with van der Waals surface area (Å²) >= 11 is 0. The zero-order valence-electron chi connectivity index (χ0n) is 11.1. The molecule has 2 nitrogen and oxygen atoms in total. The largest absolute Gasteiger partial charge is 0.326 e. The van der Waals surface area contributed by atoms with Crippen molar-refractivity contribution >= 4 is 0 Å². The van der Waals surface area contributed by atoms with Crippen LogP contribution in [-0.2, 0) is 0 Å². The van der Waals surface area contributed by atoms with E-state index in [1.807, 2.05) is 0 Å². The molecule has 92 valence electrons. The summed E-state index contributed by atoms with van der Waals surface area (Å²) in [6, 6.07) is 0.924. The van der Waals surface area contributed by atoms with E-state index < -0.39 is 0 Å². The summed E-state index contributed by atoms with van der Waals surface area (Å²) in [5, 5.41) is 0. The fraction of sp³-hybridized carbons (Fsp3) is 1.00. The number of hydrogen-bond acceptors (Lipinski definition) is 2. The molecule has 0 aromatic heterocycles. The Morgan fingerprint density at radius 3 is 2.20 bits per heavy atom. The van der Waals surface area contributed by atoms with Crippen LogP contribution >= 0.6 is 0 Å². The Morgan fingerprint density at radius 1 is 1.07 bits per heavy atom. The summed E-state index contributed by atoms with van der Waals surface area (Å²) in [5.74, 6) is 0. The third-order valence-corrected chi connectivity index (χ3v) is 3.22. The maximum atomic E-state index is 6.20. The van der Waals surface area contributed by atoms with Crippen molar-refractivity contribution in [3.63, 3.8) is 0 Å². The van der Waals surface area contributed by atoms with Gasteiger partial charge < -0.3 is 10.6 Å². The summed E-state index contributed by atoms with van der Waals surface area (Å²) in [4.78, 5) is 2.45. The molecule has 0 aliphatic heterocycles. The highest BCUT2D eigenvalue weighted by Crippen LogP contribution is 2.11. The van der Waals surface area contributed by atoms with Crippen LogP contribution in [0.2, 0.25) is 0 Å². The third-order valence-electron chi connectivity index (χ3n) is 3.22. The Morgan fingerprint density at radius 2 is 1.73 bits per heavy atom. The number of nitrogens with zero attached hydrogens (tertiary/aromatic N) is 1. The molecule has 0 aromatic carbocycles. The predicted octanol–water partition coefficient (Wildman–Crippen LogP) is 3.01. The van der Waals surface area contributed by atoms with Crippen molar-refractivity contribution in [2.75, 3.05) is 13.6 Å². The molecule has 0 radical (unpaired) electrons. The number of likely N-dealkylation sites (N-methyl/N-ethyl adjacent to an activating group) is 1. The quantitative estimate of drug-likeness (QED) is 0.598. The molecule has 2 atom stereocenters. The van der Waals surface area contributed by atoms with E-state index in [1.54, 1.807) is 0 Å². The molecule has 0 fully saturated rings. The van der Waals surface area contributed by atoms with E-state index in [0.29, 0.717) is 12.1 Å². The molecule has 15 heavy (non-hydrogen) atoms. The average Bonchev–Trinajstić information content (AvgIpc) is 2.19. The van der Waals surface area contributed by atoms with Crippen molar-refractivity contribution in [2.24, 2.45) is 5.73 Å². The van der Waals surface area contributed by atoms with E-state index in [9.17, 15) is 0 Å². The molecule has 0 aliphatic carbocycles. The highest BCUT2D eigenvalue weighted by Gasteiger charge is 2.18. The minimum absolute atomic E-state index is 0.353. The van der Waals surface area contributed by atoms with Gasteiger partial charge in [0, 0.05) is 12.1 Å². The minimum atomic E-state index is 0.353. The van der Waals surface area contributed by atoms with Gasteiger partial charge in [0.25, 0.3) is 0 Å². The van der Waals surface area contributed by atoms with Crippen LogP contribution in [0.5, 0.6) is 0 Å². The van der Waals surface area contributed by atoms with E-state index in [4.69, 9.17) is 5.73 Å². The number of hydrogen-bond donors (Lipinski definition) is 1. The zero-order valence-corrected chi connectivity index (χ0v) is 11.1. The molecule has 2 N–H and O–H groups in total. The standard InChI is InChI=1S/C13H30N2/c1-5-8-9-11-15(4)13(7-3)12(14)10-6-2/h12-13H,5-11,14H2,1-4H3. The highest BCUT2D eigenvalue weighted by atomic mass is 15.1. The maximum absolute atomic E-state index is 6.20. The van der Waals surface area contributed by atoms with Gasteiger partial charge in [-0.2, -0.15) is 0 Å². The van der Waals surface area contributed by atoms with Crippen LogP contribution in [0.1, 0.15) is 59.3 Å². The van der Waals surface area contributed by atoms with Gasteiger partial charge in [-0.05, 0) is 32.9 Å². The first-order valence-corrected chi connectivity index (χ1v) is 6.63. The van der Waals surface area contributed by atoms with Crippen molar-refractivity contribution in [1.29, 1.82) is 0 Å². The van der Waals surface area contributed by atoms with Crippen LogP contribution in [0.4, 0.5) is 0 Å². The molecule has 0 aromatic rings. The molecule has 0 rings (SSSR count). The van der Waals surface area contributed by atoms with Gasteiger partial charge >= 0.3 is 0 Å². The van der Waals surface area contributed by atoms with Gasteiger partial charge in [-0.15, -0.1) is 0 Å². The molecule has 2 heteroatoms. The molecule has 0 heterocycles. The fourth-order valence-electron chi connectivity index (χ4n) is 2.24. The van der Waals surface area contributed by atoms with Crippen molar-refractivity contribution in [1.82, 2.24) is 4.90 Å². The van der Waals surface area contributed by atoms with Gasteiger partial charge in [0.15, 0.2) is 0 Å². The van der Waals surface area contributed by atoms with E-state index in [0.717, 1.165) is 6.42 Å². The van der Waals surface area contributed by atoms with Crippen molar-refractivity contribution < 1.29 is 0 Å². The van der Waals surface area contributed by atoms with Crippen LogP contribution in [0.15, 0.2) is 0 Å². The molecular formula is C13H30N2. The minimum Gasteiger partial charge on any atom is -0.326 e. The normalized spacial score (nSPS) is 15.6. The Hall–Kier alpha value is -0.0800. The molecule has 0 saturated heterocycles. The SMILES string of the molecule is CCCCCN(C)C(CC)C(N)CCC. The summed E-state index contributed by atoms with van der Waals surface area (Å²) < 4.78 is 0. The number of rotatable bonds is 9. The van der Waals surface area contributed by atoms with Gasteiger partial charge in [0.2, 0.25) is 0 Å². The average molecular weight is 214 g/mol. The summed E-state index contributed by atoms with van der Waals surface area (Å²) in [5.41, 5.74) is 6.20. The van der Waals surface area contributed by atoms with Gasteiger partial charge in [0.1, 0.15) is 0 Å². The molecule has 0 aliphatic rings. The second kappa shape index (κ2) is 9.17. The molecule has 2 unspecified atom stereocenters. The number of unbranched alkanes of at least 4 members (excludes halogenated alkanes) is 2. The third kappa shape index (κ3) is 6.16. The van der Waals surface area contributed by atoms with Gasteiger partial charge in [0.05, 0.1) is 0 Å². The predicted molar refractivity (Wildman–Crippen MR) is 69.1 cm³/mol. The van der Waals surface area contributed by atoms with Crippen LogP contribution in [0.25, 0.3) is 0 Å². The van der Waals surface area contributed by atoms with E-state index in [-0.39, 0.29) is 0 Å². The Kier molecular flexibility index (Phi) is 9.12. The van der Waals surface area contributed by atoms with Crippen molar-refractivity contribution in [2.45, 2.75) is 71.4 Å². The zero-order chi connectivity index (χ0) is 11.7. The number of nitrogens with two attached hydrogens (primary N) is 1. The molecule has 0 amide bonds. The Bertz CT molecular complexity index is 136. The van der Waals surface area contributed by atoms with Crippen LogP contribution in [0, 0.1) is 0 Å². The summed E-state index contributed by atoms with van der Waals surface area (Å²) in [6.07, 6.45) is 7.46. The molecular weight excluding hydrogens is 184 g/mol. The monoisotopic (exact) mass is 214 g/mol. The Labute approximate surface area is 96.2 Å². The first kappa shape index (κ1) is 14.9. The van der Waals surface area contributed by atoms with Gasteiger partial charge in [-0.1, -0.05) is 40.0 Å². The lowest BCUT2D eigenvalue weighted by Crippen LogP contribution is -2.45. The van der Waals surface area contributed by atoms with Gasteiger partial charge in [-0.25, -0.2) is 0 Å². The van der Waals surface area contributed by atoms with Crippen LogP contribution < -0.4 is 5.73 Å². The first-order chi connectivity index (χ1) is 7.17. The van der Waals surface area contributed by atoms with Crippen molar-refractivity contribution in [3.05, 3.63) is 0 Å². The summed E-state index contributed by atoms with van der Waals surface area (Å²) in [7, 11) is 2.22. The second-order valence-electron chi connectivity index (χ2n) is 4.62. The molecule has 0 bridgehead atoms. The first-order valence-electron chi connectivity index (χ1n) is 6.63. The second-order valence-corrected chi connectivity index (χ2v) is 4.62.